The molecule has 0 fully saturated rings. The average Bonchev–Trinajstić information content (AvgIpc) is 2.48. The topological polar surface area (TPSA) is 86.5 Å². The number of unbranched alkanes of at least 4 members (excludes halogenated alkanes) is 3. The maximum Gasteiger partial charge on any atom is 0.338 e. The number of carbonyl (C=O) groups is 1. The molecule has 0 bridgehead atoms. The lowest BCUT2D eigenvalue weighted by atomic mass is 10.1. The summed E-state index contributed by atoms with van der Waals surface area (Å²) in [6, 6.07) is 8.70. The molecule has 0 spiro atoms. The number of primary sulfonamides is 1. The van der Waals surface area contributed by atoms with Crippen LogP contribution < -0.4 is 5.14 Å². The maximum atomic E-state index is 12.1. The number of benzene rings is 1. The molecule has 0 amide bonds. The van der Waals surface area contributed by atoms with Crippen LogP contribution in [0.4, 0.5) is 0 Å². The second-order valence-corrected chi connectivity index (χ2v) is 7.13. The van der Waals surface area contributed by atoms with Gasteiger partial charge < -0.3 is 4.74 Å². The normalized spacial score (nSPS) is 12.8. The second-order valence-electron chi connectivity index (χ2n) is 5.40. The molecule has 22 heavy (non-hydrogen) atoms. The van der Waals surface area contributed by atoms with Gasteiger partial charge in [0.2, 0.25) is 10.0 Å². The van der Waals surface area contributed by atoms with E-state index >= 15 is 0 Å². The van der Waals surface area contributed by atoms with Gasteiger partial charge in [-0.1, -0.05) is 44.4 Å². The summed E-state index contributed by atoms with van der Waals surface area (Å²) in [7, 11) is -3.55. The minimum atomic E-state index is -3.55. The van der Waals surface area contributed by atoms with E-state index in [2.05, 4.69) is 6.92 Å². The van der Waals surface area contributed by atoms with E-state index in [1.165, 1.54) is 0 Å². The molecule has 124 valence electrons. The van der Waals surface area contributed by atoms with Crippen LogP contribution in [-0.4, -0.2) is 26.2 Å². The van der Waals surface area contributed by atoms with Crippen LogP contribution in [0, 0.1) is 0 Å². The lowest BCUT2D eigenvalue weighted by molar-refractivity contribution is 0.0268. The first-order valence-corrected chi connectivity index (χ1v) is 9.40. The summed E-state index contributed by atoms with van der Waals surface area (Å²) in [5, 5.41) is 5.03. The minimum absolute atomic E-state index is 0.173. The number of rotatable bonds is 10. The molecule has 6 heteroatoms. The van der Waals surface area contributed by atoms with Crippen molar-refractivity contribution in [3.63, 3.8) is 0 Å². The molecule has 1 atom stereocenters. The molecular weight excluding hydrogens is 302 g/mol. The van der Waals surface area contributed by atoms with Crippen LogP contribution in [0.5, 0.6) is 0 Å². The van der Waals surface area contributed by atoms with Gasteiger partial charge in [0.25, 0.3) is 0 Å². The summed E-state index contributed by atoms with van der Waals surface area (Å²) in [6.07, 6.45) is 4.68. The molecule has 0 aliphatic carbocycles. The van der Waals surface area contributed by atoms with Crippen molar-refractivity contribution in [2.24, 2.45) is 5.14 Å². The lowest BCUT2D eigenvalue weighted by Crippen LogP contribution is -2.25. The fourth-order valence-corrected chi connectivity index (χ4v) is 2.74. The molecule has 5 nitrogen and oxygen atoms in total. The van der Waals surface area contributed by atoms with Crippen molar-refractivity contribution >= 4 is 16.0 Å². The van der Waals surface area contributed by atoms with Crippen molar-refractivity contribution in [1.29, 1.82) is 0 Å². The molecule has 1 aromatic carbocycles. The largest absolute Gasteiger partial charge is 0.459 e. The predicted octanol–water partition coefficient (Wildman–Crippen LogP) is 2.86. The Balaban J connectivity index is 2.57. The van der Waals surface area contributed by atoms with Gasteiger partial charge in [0.1, 0.15) is 6.10 Å². The smallest absolute Gasteiger partial charge is 0.338 e. The van der Waals surface area contributed by atoms with E-state index in [1.807, 2.05) is 6.07 Å². The molecule has 0 aliphatic rings. The third-order valence-electron chi connectivity index (χ3n) is 3.39. The fraction of sp³-hybridized carbons (Fsp3) is 0.562. The van der Waals surface area contributed by atoms with Crippen LogP contribution >= 0.6 is 0 Å². The van der Waals surface area contributed by atoms with E-state index in [9.17, 15) is 13.2 Å². The summed E-state index contributed by atoms with van der Waals surface area (Å²) in [4.78, 5) is 12.1. The average molecular weight is 327 g/mol. The van der Waals surface area contributed by atoms with E-state index in [0.717, 1.165) is 25.7 Å². The molecule has 2 N–H and O–H groups in total. The summed E-state index contributed by atoms with van der Waals surface area (Å²) >= 11 is 0. The van der Waals surface area contributed by atoms with E-state index in [-0.39, 0.29) is 12.2 Å². The highest BCUT2D eigenvalue weighted by atomic mass is 32.2. The van der Waals surface area contributed by atoms with Gasteiger partial charge in [0.05, 0.1) is 11.3 Å². The molecule has 0 heterocycles. The van der Waals surface area contributed by atoms with Gasteiger partial charge >= 0.3 is 5.97 Å². The molecule has 1 unspecified atom stereocenters. The van der Waals surface area contributed by atoms with Crippen molar-refractivity contribution in [3.05, 3.63) is 35.9 Å². The van der Waals surface area contributed by atoms with Gasteiger partial charge in [-0.05, 0) is 31.4 Å². The first-order chi connectivity index (χ1) is 10.4. The number of carbonyl (C=O) groups excluding carboxylic acids is 1. The summed E-state index contributed by atoms with van der Waals surface area (Å²) in [6.45, 7) is 2.12. The molecular formula is C16H25NO4S. The highest BCUT2D eigenvalue weighted by Gasteiger charge is 2.18. The molecule has 0 saturated heterocycles. The second kappa shape index (κ2) is 9.58. The van der Waals surface area contributed by atoms with Gasteiger partial charge in [-0.2, -0.15) is 0 Å². The summed E-state index contributed by atoms with van der Waals surface area (Å²) in [5.41, 5.74) is 0.469. The Morgan fingerprint density at radius 2 is 1.82 bits per heavy atom. The van der Waals surface area contributed by atoms with Crippen molar-refractivity contribution in [1.82, 2.24) is 0 Å². The van der Waals surface area contributed by atoms with Crippen LogP contribution in [0.2, 0.25) is 0 Å². The van der Waals surface area contributed by atoms with E-state index < -0.39 is 22.1 Å². The van der Waals surface area contributed by atoms with E-state index in [0.29, 0.717) is 12.0 Å². The number of hydrogen-bond acceptors (Lipinski definition) is 4. The number of sulfonamides is 1. The quantitative estimate of drug-likeness (QED) is 0.529. The first kappa shape index (κ1) is 18.6. The molecule has 0 aliphatic heterocycles. The van der Waals surface area contributed by atoms with Gasteiger partial charge in [0, 0.05) is 0 Å². The number of esters is 1. The zero-order chi connectivity index (χ0) is 16.4. The molecule has 1 rings (SSSR count). The van der Waals surface area contributed by atoms with Crippen LogP contribution in [0.1, 0.15) is 55.8 Å². The summed E-state index contributed by atoms with van der Waals surface area (Å²) < 4.78 is 27.7. The Labute approximate surface area is 132 Å². The maximum absolute atomic E-state index is 12.1. The Kier molecular flexibility index (Phi) is 8.12. The van der Waals surface area contributed by atoms with Crippen LogP contribution in [0.25, 0.3) is 0 Å². The van der Waals surface area contributed by atoms with Gasteiger partial charge in [0.15, 0.2) is 0 Å². The number of hydrogen-bond donors (Lipinski definition) is 1. The molecule has 1 aromatic rings. The van der Waals surface area contributed by atoms with E-state index in [1.54, 1.807) is 24.3 Å². The number of ether oxygens (including phenoxy) is 1. The third-order valence-corrected chi connectivity index (χ3v) is 4.19. The minimum Gasteiger partial charge on any atom is -0.459 e. The summed E-state index contributed by atoms with van der Waals surface area (Å²) in [5.74, 6) is -0.594. The Morgan fingerprint density at radius 1 is 1.14 bits per heavy atom. The lowest BCUT2D eigenvalue weighted by Gasteiger charge is -2.17. The zero-order valence-electron chi connectivity index (χ0n) is 13.0. The monoisotopic (exact) mass is 327 g/mol. The molecule has 0 aromatic heterocycles. The first-order valence-electron chi connectivity index (χ1n) is 7.69. The Hall–Kier alpha value is -1.40. The third kappa shape index (κ3) is 8.14. The van der Waals surface area contributed by atoms with Crippen LogP contribution in [0.3, 0.4) is 0 Å². The Bertz CT molecular complexity index is 543. The SMILES string of the molecule is CCCCCCC(CCS(N)(=O)=O)OC(=O)c1ccccc1. The molecule has 0 saturated carbocycles. The molecule has 0 radical (unpaired) electrons. The van der Waals surface area contributed by atoms with Crippen molar-refractivity contribution < 1.29 is 17.9 Å². The van der Waals surface area contributed by atoms with Crippen molar-refractivity contribution in [2.45, 2.75) is 51.6 Å². The highest BCUT2D eigenvalue weighted by Crippen LogP contribution is 2.14. The van der Waals surface area contributed by atoms with Gasteiger partial charge in [-0.15, -0.1) is 0 Å². The van der Waals surface area contributed by atoms with Crippen LogP contribution in [-0.2, 0) is 14.8 Å². The zero-order valence-corrected chi connectivity index (χ0v) is 13.8. The standard InChI is InChI=1S/C16H25NO4S/c1-2-3-4-8-11-15(12-13-22(17,19)20)21-16(18)14-9-6-5-7-10-14/h5-7,9-10,15H,2-4,8,11-13H2,1H3,(H2,17,19,20). The Morgan fingerprint density at radius 3 is 2.41 bits per heavy atom. The van der Waals surface area contributed by atoms with E-state index in [4.69, 9.17) is 9.88 Å². The fourth-order valence-electron chi connectivity index (χ4n) is 2.15. The van der Waals surface area contributed by atoms with Gasteiger partial charge in [-0.3, -0.25) is 0 Å². The highest BCUT2D eigenvalue weighted by molar-refractivity contribution is 7.89. The van der Waals surface area contributed by atoms with Crippen molar-refractivity contribution in [3.8, 4) is 0 Å². The number of nitrogens with two attached hydrogens (primary N) is 1. The predicted molar refractivity (Wildman–Crippen MR) is 87.0 cm³/mol. The van der Waals surface area contributed by atoms with Crippen LogP contribution in [0.15, 0.2) is 30.3 Å². The van der Waals surface area contributed by atoms with Gasteiger partial charge in [-0.25, -0.2) is 18.4 Å². The van der Waals surface area contributed by atoms with Crippen molar-refractivity contribution in [2.75, 3.05) is 5.75 Å².